The zero-order valence-electron chi connectivity index (χ0n) is 12.6. The predicted molar refractivity (Wildman–Crippen MR) is 87.1 cm³/mol. The summed E-state index contributed by atoms with van der Waals surface area (Å²) in [7, 11) is -3.79. The largest absolute Gasteiger partial charge is 0.453 e. The van der Waals surface area contributed by atoms with Gasteiger partial charge in [-0.1, -0.05) is 0 Å². The van der Waals surface area contributed by atoms with Crippen molar-refractivity contribution < 1.29 is 17.6 Å². The fraction of sp³-hybridized carbons (Fsp3) is 0.0625. The quantitative estimate of drug-likeness (QED) is 0.715. The molecule has 3 aromatic rings. The van der Waals surface area contributed by atoms with Gasteiger partial charge >= 0.3 is 0 Å². The Kier molecular flexibility index (Phi) is 4.13. The first-order valence-corrected chi connectivity index (χ1v) is 8.43. The van der Waals surface area contributed by atoms with Crippen LogP contribution in [0, 0.1) is 6.92 Å². The summed E-state index contributed by atoms with van der Waals surface area (Å²) in [4.78, 5) is 18.5. The summed E-state index contributed by atoms with van der Waals surface area (Å²) < 4.78 is 32.3. The number of anilines is 1. The number of benzene rings is 1. The highest BCUT2D eigenvalue weighted by molar-refractivity contribution is 7.92. The number of rotatable bonds is 5. The molecule has 1 N–H and O–H groups in total. The van der Waals surface area contributed by atoms with Crippen LogP contribution in [0.1, 0.15) is 16.1 Å². The number of hydrogen-bond acceptors (Lipinski definition) is 6. The lowest BCUT2D eigenvalue weighted by molar-refractivity contribution is 0.110. The lowest BCUT2D eigenvalue weighted by Crippen LogP contribution is -2.14. The molecule has 7 nitrogen and oxygen atoms in total. The summed E-state index contributed by atoms with van der Waals surface area (Å²) in [6.07, 6.45) is 3.65. The van der Waals surface area contributed by atoms with Gasteiger partial charge in [0.15, 0.2) is 12.0 Å². The second-order valence-electron chi connectivity index (χ2n) is 5.03. The first kappa shape index (κ1) is 15.9. The Bertz CT molecular complexity index is 961. The van der Waals surface area contributed by atoms with E-state index in [1.54, 1.807) is 24.3 Å². The first-order valence-electron chi connectivity index (χ1n) is 6.95. The van der Waals surface area contributed by atoms with E-state index >= 15 is 0 Å². The van der Waals surface area contributed by atoms with Gasteiger partial charge < -0.3 is 4.42 Å². The number of aldehydes is 1. The molecule has 2 heterocycles. The standard InChI is InChI=1S/C16H13N3O4S/c1-11-8-17-16(18-9-11)19-24(21,22)14-5-2-12(3-6-14)15-7-4-13(10-20)23-15/h2-10H,1H3,(H,17,18,19). The normalized spacial score (nSPS) is 11.2. The van der Waals surface area contributed by atoms with Crippen molar-refractivity contribution in [1.82, 2.24) is 9.97 Å². The van der Waals surface area contributed by atoms with E-state index in [0.29, 0.717) is 17.6 Å². The Morgan fingerprint density at radius 1 is 1.04 bits per heavy atom. The minimum Gasteiger partial charge on any atom is -0.453 e. The van der Waals surface area contributed by atoms with Crippen LogP contribution in [0.15, 0.2) is 58.1 Å². The van der Waals surface area contributed by atoms with E-state index in [4.69, 9.17) is 4.42 Å². The molecule has 3 rings (SSSR count). The smallest absolute Gasteiger partial charge is 0.264 e. The molecule has 0 bridgehead atoms. The average molecular weight is 343 g/mol. The highest BCUT2D eigenvalue weighted by Crippen LogP contribution is 2.23. The zero-order chi connectivity index (χ0) is 17.2. The van der Waals surface area contributed by atoms with Crippen LogP contribution in [-0.4, -0.2) is 24.7 Å². The van der Waals surface area contributed by atoms with Crippen molar-refractivity contribution in [3.05, 3.63) is 60.1 Å². The van der Waals surface area contributed by atoms with E-state index in [1.165, 1.54) is 24.5 Å². The van der Waals surface area contributed by atoms with Gasteiger partial charge in [-0.15, -0.1) is 0 Å². The van der Waals surface area contributed by atoms with Gasteiger partial charge in [0.25, 0.3) is 10.0 Å². The topological polar surface area (TPSA) is 102 Å². The minimum absolute atomic E-state index is 0.00587. The number of hydrogen-bond donors (Lipinski definition) is 1. The molecule has 0 saturated carbocycles. The third-order valence-corrected chi connectivity index (χ3v) is 4.54. The Balaban J connectivity index is 1.83. The van der Waals surface area contributed by atoms with E-state index in [0.717, 1.165) is 5.56 Å². The van der Waals surface area contributed by atoms with Crippen LogP contribution in [0.25, 0.3) is 11.3 Å². The fourth-order valence-electron chi connectivity index (χ4n) is 1.99. The molecule has 0 aliphatic carbocycles. The van der Waals surface area contributed by atoms with Crippen molar-refractivity contribution in [2.24, 2.45) is 0 Å². The molecule has 0 fully saturated rings. The molecule has 0 aliphatic rings. The summed E-state index contributed by atoms with van der Waals surface area (Å²) >= 11 is 0. The lowest BCUT2D eigenvalue weighted by Gasteiger charge is -2.07. The van der Waals surface area contributed by atoms with Gasteiger partial charge in [-0.25, -0.2) is 23.1 Å². The van der Waals surface area contributed by atoms with Crippen LogP contribution in [0.3, 0.4) is 0 Å². The van der Waals surface area contributed by atoms with Crippen molar-refractivity contribution in [2.75, 3.05) is 4.72 Å². The molecule has 1 aromatic carbocycles. The van der Waals surface area contributed by atoms with Gasteiger partial charge in [0.2, 0.25) is 5.95 Å². The summed E-state index contributed by atoms with van der Waals surface area (Å²) in [6.45, 7) is 1.81. The molecule has 24 heavy (non-hydrogen) atoms. The van der Waals surface area contributed by atoms with Crippen LogP contribution in [0.5, 0.6) is 0 Å². The molecule has 0 atom stereocenters. The second kappa shape index (κ2) is 6.25. The molecule has 8 heteroatoms. The summed E-state index contributed by atoms with van der Waals surface area (Å²) in [5.41, 5.74) is 1.49. The van der Waals surface area contributed by atoms with Crippen molar-refractivity contribution in [3.8, 4) is 11.3 Å². The number of nitrogens with zero attached hydrogens (tertiary/aromatic N) is 2. The van der Waals surface area contributed by atoms with E-state index in [9.17, 15) is 13.2 Å². The van der Waals surface area contributed by atoms with E-state index in [1.807, 2.05) is 6.92 Å². The number of sulfonamides is 1. The second-order valence-corrected chi connectivity index (χ2v) is 6.72. The maximum absolute atomic E-state index is 12.3. The van der Waals surface area contributed by atoms with E-state index in [-0.39, 0.29) is 16.6 Å². The van der Waals surface area contributed by atoms with Gasteiger partial charge in [0.1, 0.15) is 5.76 Å². The van der Waals surface area contributed by atoms with E-state index < -0.39 is 10.0 Å². The third kappa shape index (κ3) is 3.33. The molecular formula is C16H13N3O4S. The molecule has 0 amide bonds. The Morgan fingerprint density at radius 2 is 1.71 bits per heavy atom. The first-order chi connectivity index (χ1) is 11.5. The number of aryl methyl sites for hydroxylation is 1. The maximum atomic E-state index is 12.3. The SMILES string of the molecule is Cc1cnc(NS(=O)(=O)c2ccc(-c3ccc(C=O)o3)cc2)nc1. The molecule has 0 aliphatic heterocycles. The number of aromatic nitrogens is 2. The highest BCUT2D eigenvalue weighted by atomic mass is 32.2. The molecule has 2 aromatic heterocycles. The Labute approximate surface area is 138 Å². The zero-order valence-corrected chi connectivity index (χ0v) is 13.4. The van der Waals surface area contributed by atoms with E-state index in [2.05, 4.69) is 14.7 Å². The van der Waals surface area contributed by atoms with Crippen molar-refractivity contribution in [1.29, 1.82) is 0 Å². The highest BCUT2D eigenvalue weighted by Gasteiger charge is 2.16. The molecule has 122 valence electrons. The van der Waals surface area contributed by atoms with Crippen LogP contribution in [0.4, 0.5) is 5.95 Å². The minimum atomic E-state index is -3.79. The lowest BCUT2D eigenvalue weighted by atomic mass is 10.2. The van der Waals surface area contributed by atoms with Gasteiger partial charge in [-0.2, -0.15) is 0 Å². The van der Waals surface area contributed by atoms with Crippen molar-refractivity contribution in [2.45, 2.75) is 11.8 Å². The van der Waals surface area contributed by atoms with Crippen LogP contribution in [0.2, 0.25) is 0 Å². The van der Waals surface area contributed by atoms with Gasteiger partial charge in [0.05, 0.1) is 4.90 Å². The van der Waals surface area contributed by atoms with Gasteiger partial charge in [-0.05, 0) is 48.9 Å². The summed E-state index contributed by atoms with van der Waals surface area (Å²) in [6, 6.07) is 9.26. The fourth-order valence-corrected chi connectivity index (χ4v) is 2.95. The molecule has 0 radical (unpaired) electrons. The predicted octanol–water partition coefficient (Wildman–Crippen LogP) is 2.66. The number of nitrogens with one attached hydrogen (secondary N) is 1. The number of carbonyl (C=O) groups is 1. The number of furan rings is 1. The van der Waals surface area contributed by atoms with Gasteiger partial charge in [0, 0.05) is 18.0 Å². The summed E-state index contributed by atoms with van der Waals surface area (Å²) in [5, 5.41) is 0. The molecular weight excluding hydrogens is 330 g/mol. The summed E-state index contributed by atoms with van der Waals surface area (Å²) in [5.74, 6) is 0.696. The molecule has 0 spiro atoms. The van der Waals surface area contributed by atoms with Gasteiger partial charge in [-0.3, -0.25) is 4.79 Å². The average Bonchev–Trinajstić information content (AvgIpc) is 3.06. The van der Waals surface area contributed by atoms with Crippen molar-refractivity contribution in [3.63, 3.8) is 0 Å². The van der Waals surface area contributed by atoms with Crippen molar-refractivity contribution >= 4 is 22.3 Å². The molecule has 0 saturated heterocycles. The third-order valence-electron chi connectivity index (χ3n) is 3.20. The Hall–Kier alpha value is -3.00. The van der Waals surface area contributed by atoms with Crippen LogP contribution in [-0.2, 0) is 10.0 Å². The monoisotopic (exact) mass is 343 g/mol. The maximum Gasteiger partial charge on any atom is 0.264 e. The Morgan fingerprint density at radius 3 is 2.29 bits per heavy atom. The molecule has 0 unspecified atom stereocenters. The van der Waals surface area contributed by atoms with Crippen LogP contribution < -0.4 is 4.72 Å². The number of carbonyl (C=O) groups excluding carboxylic acids is 1. The van der Waals surface area contributed by atoms with Crippen LogP contribution >= 0.6 is 0 Å².